The molecule has 25 heteroatoms. The van der Waals surface area contributed by atoms with Crippen molar-refractivity contribution in [3.05, 3.63) is 72.8 Å². The summed E-state index contributed by atoms with van der Waals surface area (Å²) in [6.07, 6.45) is 0. The number of benzene rings is 4. The number of rotatable bonds is 4. The molecule has 0 saturated heterocycles. The average Bonchev–Trinajstić information content (AvgIpc) is 3.84. The number of hydrogen-bond acceptors (Lipinski definition) is 14. The van der Waals surface area contributed by atoms with E-state index in [1.165, 1.54) is 24.3 Å². The third-order valence-corrected chi connectivity index (χ3v) is 12.2. The number of hydrogen-bond donors (Lipinski definition) is 4. The Morgan fingerprint density at radius 3 is 1.04 bits per heavy atom. The van der Waals surface area contributed by atoms with Crippen LogP contribution in [0.2, 0.25) is 0 Å². The number of aromatic nitrogens is 8. The molecular weight excluding hydrogens is 844 g/mol. The van der Waals surface area contributed by atoms with Gasteiger partial charge in [0.05, 0.1) is 31.2 Å². The van der Waals surface area contributed by atoms with Gasteiger partial charge in [-0.3, -0.25) is 18.2 Å². The molecule has 9 rings (SSSR count). The molecule has 0 radical (unpaired) electrons. The van der Waals surface area contributed by atoms with Gasteiger partial charge in [-0.1, -0.05) is 12.1 Å². The fraction of sp³-hybridized carbons (Fsp3) is 0. The van der Waals surface area contributed by atoms with Crippen molar-refractivity contribution in [1.82, 2.24) is 39.9 Å². The zero-order valence-electron chi connectivity index (χ0n) is 27.8. The maximum Gasteiger partial charge on any atom is 3.00 e. The van der Waals surface area contributed by atoms with E-state index in [4.69, 9.17) is 0 Å². The van der Waals surface area contributed by atoms with E-state index in [9.17, 15) is 51.9 Å². The smallest absolute Gasteiger partial charge is 0.357 e. The summed E-state index contributed by atoms with van der Waals surface area (Å²) < 4.78 is 137. The van der Waals surface area contributed by atoms with Crippen molar-refractivity contribution in [2.24, 2.45) is 0 Å². The standard InChI is InChI=1S/C32H16N8O12S4.Al/c41-53(42,43)13-1-5-17-21(9-13)29-34-25(17)33-26-18-6-2-15(55(47,48)49)11-23(18)31(35-26)40-32-24-12-16(56(50,51)52)4-8-20(24)28(39-32)38-30-22-10-14(54(44,45)46)3-7-19(22)27(36-29)37-30;/h1-12H,(H4-2,33,34,35,36,37,38,39,40,41,42,43,44,45,46,47,48,49,50,51,52);/q-2;+3. The summed E-state index contributed by atoms with van der Waals surface area (Å²) in [4.78, 5) is 34.0. The number of nitrogens with zero attached hydrogens (tertiary/aromatic N) is 8. The fourth-order valence-electron chi connectivity index (χ4n) is 6.22. The Morgan fingerprint density at radius 1 is 0.351 bits per heavy atom. The molecule has 0 atom stereocenters. The molecule has 20 nitrogen and oxygen atoms in total. The first kappa shape index (κ1) is 38.3. The zero-order chi connectivity index (χ0) is 39.7. The van der Waals surface area contributed by atoms with Gasteiger partial charge in [-0.15, -0.1) is 0 Å². The van der Waals surface area contributed by atoms with Crippen LogP contribution in [0.4, 0.5) is 0 Å². The minimum absolute atomic E-state index is 0. The summed E-state index contributed by atoms with van der Waals surface area (Å²) in [6, 6.07) is 13.7. The van der Waals surface area contributed by atoms with E-state index in [-0.39, 0.29) is 107 Å². The Balaban J connectivity index is 0.00000455. The summed E-state index contributed by atoms with van der Waals surface area (Å²) in [5.74, 6) is -0.601. The van der Waals surface area contributed by atoms with Crippen LogP contribution < -0.4 is 9.97 Å². The first-order valence-corrected chi connectivity index (χ1v) is 21.2. The second kappa shape index (κ2) is 12.7. The topological polar surface area (TPSA) is 323 Å². The SMILES string of the molecule is O=S(=O)(O)c1ccc2c(c1)-c1nc-2nc2nc(nc3[n-]c(nc4[n-]c(n1)c1cc(S(=O)(=O)O)ccc41)c1cc(S(=O)(=O)O)ccc31)-c1cc(S(=O)(=O)O)ccc1-2.[Al+3]. The van der Waals surface area contributed by atoms with Crippen LogP contribution in [0, 0.1) is 0 Å². The van der Waals surface area contributed by atoms with Crippen LogP contribution in [0.15, 0.2) is 92.4 Å². The molecule has 4 aromatic carbocycles. The molecule has 3 aromatic heterocycles. The predicted molar refractivity (Wildman–Crippen MR) is 199 cm³/mol. The van der Waals surface area contributed by atoms with E-state index in [1.807, 2.05) is 0 Å². The molecule has 0 amide bonds. The molecule has 0 aliphatic carbocycles. The summed E-state index contributed by atoms with van der Waals surface area (Å²) >= 11 is 0. The van der Waals surface area contributed by atoms with Gasteiger partial charge >= 0.3 is 17.4 Å². The molecular formula is C32H16AlN8O12S4+. The Bertz CT molecular complexity index is 3620. The van der Waals surface area contributed by atoms with Crippen LogP contribution in [-0.2, 0) is 40.5 Å². The molecule has 0 spiro atoms. The molecule has 57 heavy (non-hydrogen) atoms. The van der Waals surface area contributed by atoms with Crippen LogP contribution >= 0.6 is 0 Å². The third kappa shape index (κ3) is 6.54. The second-order valence-electron chi connectivity index (χ2n) is 12.2. The molecule has 0 fully saturated rings. The summed E-state index contributed by atoms with van der Waals surface area (Å²) in [7, 11) is -19.0. The zero-order valence-corrected chi connectivity index (χ0v) is 32.2. The molecule has 5 heterocycles. The van der Waals surface area contributed by atoms with Gasteiger partial charge in [0.15, 0.2) is 11.6 Å². The summed E-state index contributed by atoms with van der Waals surface area (Å²) in [6.45, 7) is 0. The molecule has 0 unspecified atom stereocenters. The van der Waals surface area contributed by atoms with Gasteiger partial charge in [0, 0.05) is 44.8 Å². The normalized spacial score (nSPS) is 13.0. The van der Waals surface area contributed by atoms with Crippen molar-refractivity contribution >= 4 is 102 Å². The van der Waals surface area contributed by atoms with Gasteiger partial charge in [0.25, 0.3) is 40.5 Å². The van der Waals surface area contributed by atoms with Crippen molar-refractivity contribution in [1.29, 1.82) is 0 Å². The Labute approximate surface area is 329 Å². The Morgan fingerprint density at radius 2 is 0.649 bits per heavy atom. The Kier molecular flexibility index (Phi) is 8.54. The van der Waals surface area contributed by atoms with Crippen LogP contribution in [0.25, 0.3) is 89.7 Å². The van der Waals surface area contributed by atoms with Crippen molar-refractivity contribution in [2.45, 2.75) is 19.6 Å². The first-order valence-electron chi connectivity index (χ1n) is 15.4. The van der Waals surface area contributed by atoms with Crippen LogP contribution in [-0.4, -0.2) is 99.1 Å². The van der Waals surface area contributed by atoms with Gasteiger partial charge < -0.3 is 24.9 Å². The first-order chi connectivity index (χ1) is 26.2. The van der Waals surface area contributed by atoms with Crippen molar-refractivity contribution in [2.75, 3.05) is 0 Å². The quantitative estimate of drug-likeness (QED) is 0.146. The Hall–Kier alpha value is -5.59. The van der Waals surface area contributed by atoms with E-state index in [2.05, 4.69) is 39.9 Å². The largest absolute Gasteiger partial charge is 3.00 e. The molecule has 2 aliphatic rings. The van der Waals surface area contributed by atoms with Crippen LogP contribution in [0.5, 0.6) is 0 Å². The second-order valence-corrected chi connectivity index (χ2v) is 17.9. The van der Waals surface area contributed by atoms with Gasteiger partial charge in [-0.2, -0.15) is 33.7 Å². The number of fused-ring (bicyclic) bond motifs is 20. The van der Waals surface area contributed by atoms with Crippen molar-refractivity contribution < 1.29 is 51.9 Å². The molecule has 2 aliphatic heterocycles. The monoisotopic (exact) mass is 859 g/mol. The van der Waals surface area contributed by atoms with Crippen molar-refractivity contribution in [3.63, 3.8) is 0 Å². The molecule has 7 aromatic rings. The molecule has 4 N–H and O–H groups in total. The molecule has 0 saturated carbocycles. The summed E-state index contributed by atoms with van der Waals surface area (Å²) in [5, 5.41) is 0.354. The molecule has 8 bridgehead atoms. The fourth-order valence-corrected chi connectivity index (χ4v) is 8.25. The van der Waals surface area contributed by atoms with Gasteiger partial charge in [0.1, 0.15) is 0 Å². The summed E-state index contributed by atoms with van der Waals surface area (Å²) in [5.41, 5.74) is -0.271. The van der Waals surface area contributed by atoms with Crippen LogP contribution in [0.3, 0.4) is 0 Å². The minimum atomic E-state index is -4.77. The van der Waals surface area contributed by atoms with Crippen molar-refractivity contribution in [3.8, 4) is 45.6 Å². The third-order valence-electron chi connectivity index (χ3n) is 8.78. The van der Waals surface area contributed by atoms with Gasteiger partial charge in [-0.05, 0) is 82.2 Å². The van der Waals surface area contributed by atoms with E-state index in [0.29, 0.717) is 0 Å². The maximum atomic E-state index is 12.2. The van der Waals surface area contributed by atoms with E-state index in [0.717, 1.165) is 48.5 Å². The van der Waals surface area contributed by atoms with E-state index >= 15 is 0 Å². The average molecular weight is 860 g/mol. The van der Waals surface area contributed by atoms with Crippen LogP contribution in [0.1, 0.15) is 0 Å². The minimum Gasteiger partial charge on any atom is -0.357 e. The maximum absolute atomic E-state index is 12.2. The van der Waals surface area contributed by atoms with Gasteiger partial charge in [-0.25, -0.2) is 15.0 Å². The van der Waals surface area contributed by atoms with E-state index in [1.54, 1.807) is 0 Å². The van der Waals surface area contributed by atoms with Gasteiger partial charge in [0.2, 0.25) is 0 Å². The van der Waals surface area contributed by atoms with E-state index < -0.39 is 60.1 Å². The molecule has 282 valence electrons. The predicted octanol–water partition coefficient (Wildman–Crippen LogP) is 2.73.